The van der Waals surface area contributed by atoms with Crippen LogP contribution in [0.5, 0.6) is 0 Å². The third-order valence-electron chi connectivity index (χ3n) is 4.39. The van der Waals surface area contributed by atoms with Crippen molar-refractivity contribution in [2.45, 2.75) is 52.2 Å². The first-order valence-electron chi connectivity index (χ1n) is 8.98. The maximum absolute atomic E-state index is 12.9. The Kier molecular flexibility index (Phi) is 5.60. The van der Waals surface area contributed by atoms with E-state index in [1.165, 1.54) is 6.92 Å². The molecule has 3 heterocycles. The molecule has 2 amide bonds. The molecule has 2 aromatic heterocycles. The number of aryl methyl sites for hydroxylation is 1. The van der Waals surface area contributed by atoms with Gasteiger partial charge < -0.3 is 10.2 Å². The van der Waals surface area contributed by atoms with Crippen LogP contribution < -0.4 is 5.32 Å². The number of nitrogens with zero attached hydrogens (tertiary/aromatic N) is 5. The van der Waals surface area contributed by atoms with Crippen molar-refractivity contribution < 1.29 is 9.59 Å². The molecule has 0 aromatic carbocycles. The van der Waals surface area contributed by atoms with Crippen LogP contribution in [0.1, 0.15) is 61.0 Å². The molecule has 0 saturated carbocycles. The van der Waals surface area contributed by atoms with Gasteiger partial charge in [-0.2, -0.15) is 5.10 Å². The Morgan fingerprint density at radius 2 is 2.19 bits per heavy atom. The predicted molar refractivity (Wildman–Crippen MR) is 95.1 cm³/mol. The van der Waals surface area contributed by atoms with E-state index in [1.54, 1.807) is 23.1 Å². The van der Waals surface area contributed by atoms with Crippen LogP contribution in [0, 0.1) is 0 Å². The van der Waals surface area contributed by atoms with Crippen LogP contribution >= 0.6 is 0 Å². The minimum absolute atomic E-state index is 0.0728. The lowest BCUT2D eigenvalue weighted by molar-refractivity contribution is -0.119. The molecule has 1 N–H and O–H groups in total. The maximum atomic E-state index is 12.9. The Hall–Kier alpha value is -2.77. The zero-order valence-corrected chi connectivity index (χ0v) is 15.2. The first-order chi connectivity index (χ1) is 12.6. The molecule has 1 aliphatic rings. The molecule has 0 spiro atoms. The molecule has 1 fully saturated rings. The number of amides is 2. The highest BCUT2D eigenvalue weighted by molar-refractivity contribution is 5.92. The molecular formula is C18H24N6O2. The van der Waals surface area contributed by atoms with Crippen molar-refractivity contribution in [3.05, 3.63) is 41.7 Å². The second-order valence-electron chi connectivity index (χ2n) is 6.47. The number of nitrogens with one attached hydrogen (secondary N) is 1. The molecule has 1 aliphatic heterocycles. The van der Waals surface area contributed by atoms with E-state index >= 15 is 0 Å². The fourth-order valence-electron chi connectivity index (χ4n) is 3.18. The normalized spacial score (nSPS) is 16.7. The fraction of sp³-hybridized carbons (Fsp3) is 0.500. The van der Waals surface area contributed by atoms with Gasteiger partial charge in [-0.05, 0) is 25.3 Å². The number of hydrogen-bond donors (Lipinski definition) is 1. The molecule has 1 atom stereocenters. The van der Waals surface area contributed by atoms with Crippen molar-refractivity contribution in [3.63, 3.8) is 0 Å². The Bertz CT molecular complexity index is 787. The Balaban J connectivity index is 1.76. The van der Waals surface area contributed by atoms with E-state index in [4.69, 9.17) is 0 Å². The minimum atomic E-state index is -0.113. The van der Waals surface area contributed by atoms with E-state index in [9.17, 15) is 9.59 Å². The van der Waals surface area contributed by atoms with Gasteiger partial charge in [0.25, 0.3) is 5.91 Å². The number of rotatable bonds is 6. The summed E-state index contributed by atoms with van der Waals surface area (Å²) in [6.07, 6.45) is 7.91. The molecule has 0 unspecified atom stereocenters. The molecule has 3 rings (SSSR count). The summed E-state index contributed by atoms with van der Waals surface area (Å²) in [5.41, 5.74) is 1.91. The SMILES string of the molecule is CCCn1ccc(C(=O)N2CCC[C@H]2c2cncc(CNC(C)=O)n2)n1. The predicted octanol–water partition coefficient (Wildman–Crippen LogP) is 1.70. The van der Waals surface area contributed by atoms with Gasteiger partial charge in [-0.15, -0.1) is 0 Å². The first-order valence-corrected chi connectivity index (χ1v) is 8.98. The van der Waals surface area contributed by atoms with Gasteiger partial charge in [-0.3, -0.25) is 24.2 Å². The Morgan fingerprint density at radius 3 is 2.96 bits per heavy atom. The summed E-state index contributed by atoms with van der Waals surface area (Å²) in [7, 11) is 0. The van der Waals surface area contributed by atoms with Crippen molar-refractivity contribution >= 4 is 11.8 Å². The summed E-state index contributed by atoms with van der Waals surface area (Å²) in [5, 5.41) is 7.10. The van der Waals surface area contributed by atoms with E-state index in [-0.39, 0.29) is 17.9 Å². The zero-order chi connectivity index (χ0) is 18.5. The van der Waals surface area contributed by atoms with E-state index in [1.807, 2.05) is 11.1 Å². The fourth-order valence-corrected chi connectivity index (χ4v) is 3.18. The van der Waals surface area contributed by atoms with E-state index in [0.29, 0.717) is 24.5 Å². The van der Waals surface area contributed by atoms with Crippen LogP contribution in [0.4, 0.5) is 0 Å². The quantitative estimate of drug-likeness (QED) is 0.850. The Morgan fingerprint density at radius 1 is 1.35 bits per heavy atom. The van der Waals surface area contributed by atoms with E-state index in [2.05, 4.69) is 27.3 Å². The van der Waals surface area contributed by atoms with Gasteiger partial charge in [0.15, 0.2) is 0 Å². The topological polar surface area (TPSA) is 93.0 Å². The van der Waals surface area contributed by atoms with Gasteiger partial charge in [0.05, 0.1) is 36.4 Å². The highest BCUT2D eigenvalue weighted by Crippen LogP contribution is 2.31. The van der Waals surface area contributed by atoms with E-state index < -0.39 is 0 Å². The van der Waals surface area contributed by atoms with Crippen LogP contribution in [0.2, 0.25) is 0 Å². The summed E-state index contributed by atoms with van der Waals surface area (Å²) >= 11 is 0. The largest absolute Gasteiger partial charge is 0.351 e. The molecule has 1 saturated heterocycles. The average molecular weight is 356 g/mol. The van der Waals surface area contributed by atoms with Crippen LogP contribution in [-0.4, -0.2) is 43.0 Å². The summed E-state index contributed by atoms with van der Waals surface area (Å²) in [6, 6.07) is 1.66. The third-order valence-corrected chi connectivity index (χ3v) is 4.39. The zero-order valence-electron chi connectivity index (χ0n) is 15.2. The lowest BCUT2D eigenvalue weighted by Gasteiger charge is -2.23. The van der Waals surface area contributed by atoms with Gasteiger partial charge in [-0.25, -0.2) is 0 Å². The molecule has 0 bridgehead atoms. The third kappa shape index (κ3) is 4.07. The standard InChI is InChI=1S/C18H24N6O2/c1-3-7-23-9-6-15(22-23)18(26)24-8-4-5-17(24)16-12-19-10-14(21-16)11-20-13(2)25/h6,9-10,12,17H,3-5,7-8,11H2,1-2H3,(H,20,25)/t17-/m0/s1. The second-order valence-corrected chi connectivity index (χ2v) is 6.47. The first kappa shape index (κ1) is 18.0. The second kappa shape index (κ2) is 8.07. The van der Waals surface area contributed by atoms with E-state index in [0.717, 1.165) is 31.5 Å². The number of likely N-dealkylation sites (tertiary alicyclic amines) is 1. The number of hydrogen-bond acceptors (Lipinski definition) is 5. The highest BCUT2D eigenvalue weighted by atomic mass is 16.2. The number of carbonyl (C=O) groups excluding carboxylic acids is 2. The molecule has 8 heteroatoms. The van der Waals surface area contributed by atoms with Crippen molar-refractivity contribution in [3.8, 4) is 0 Å². The van der Waals surface area contributed by atoms with Crippen LogP contribution in [-0.2, 0) is 17.9 Å². The summed E-state index contributed by atoms with van der Waals surface area (Å²) in [6.45, 7) is 5.35. The van der Waals surface area contributed by atoms with Crippen LogP contribution in [0.15, 0.2) is 24.7 Å². The lowest BCUT2D eigenvalue weighted by Crippen LogP contribution is -2.31. The summed E-state index contributed by atoms with van der Waals surface area (Å²) in [4.78, 5) is 34.6. The minimum Gasteiger partial charge on any atom is -0.351 e. The summed E-state index contributed by atoms with van der Waals surface area (Å²) in [5.74, 6) is -0.186. The smallest absolute Gasteiger partial charge is 0.274 e. The number of carbonyl (C=O) groups is 2. The van der Waals surface area contributed by atoms with Crippen LogP contribution in [0.25, 0.3) is 0 Å². The van der Waals surface area contributed by atoms with Crippen molar-refractivity contribution in [2.75, 3.05) is 6.54 Å². The average Bonchev–Trinajstić information content (AvgIpc) is 3.29. The monoisotopic (exact) mass is 356 g/mol. The van der Waals surface area contributed by atoms with Gasteiger partial charge in [0.2, 0.25) is 5.91 Å². The Labute approximate surface area is 152 Å². The van der Waals surface area contributed by atoms with Gasteiger partial charge in [0, 0.05) is 26.2 Å². The summed E-state index contributed by atoms with van der Waals surface area (Å²) < 4.78 is 1.80. The molecule has 0 radical (unpaired) electrons. The number of aromatic nitrogens is 4. The molecule has 0 aliphatic carbocycles. The molecular weight excluding hydrogens is 332 g/mol. The van der Waals surface area contributed by atoms with Gasteiger partial charge in [-0.1, -0.05) is 6.92 Å². The highest BCUT2D eigenvalue weighted by Gasteiger charge is 2.32. The lowest BCUT2D eigenvalue weighted by atomic mass is 10.1. The van der Waals surface area contributed by atoms with Crippen LogP contribution in [0.3, 0.4) is 0 Å². The molecule has 138 valence electrons. The van der Waals surface area contributed by atoms with Gasteiger partial charge in [0.1, 0.15) is 5.69 Å². The van der Waals surface area contributed by atoms with Gasteiger partial charge >= 0.3 is 0 Å². The molecule has 8 nitrogen and oxygen atoms in total. The van der Waals surface area contributed by atoms with Crippen molar-refractivity contribution in [1.82, 2.24) is 30.0 Å². The van der Waals surface area contributed by atoms with Crippen molar-refractivity contribution in [2.24, 2.45) is 0 Å². The maximum Gasteiger partial charge on any atom is 0.274 e. The molecule has 26 heavy (non-hydrogen) atoms. The van der Waals surface area contributed by atoms with Crippen molar-refractivity contribution in [1.29, 1.82) is 0 Å². The molecule has 2 aromatic rings.